The molecule has 1 aliphatic carbocycles. The van der Waals surface area contributed by atoms with E-state index in [0.29, 0.717) is 30.9 Å². The summed E-state index contributed by atoms with van der Waals surface area (Å²) in [7, 11) is -2.91. The molecule has 2 aliphatic heterocycles. The molecule has 6 rings (SSSR count). The fourth-order valence-electron chi connectivity index (χ4n) is 5.77. The molecule has 0 unspecified atom stereocenters. The molecule has 11 nitrogen and oxygen atoms in total. The van der Waals surface area contributed by atoms with Gasteiger partial charge in [0.25, 0.3) is 0 Å². The van der Waals surface area contributed by atoms with Crippen LogP contribution < -0.4 is 10.6 Å². The Morgan fingerprint density at radius 1 is 1.03 bits per heavy atom. The van der Waals surface area contributed by atoms with Crippen molar-refractivity contribution >= 4 is 49.0 Å². The Morgan fingerprint density at radius 2 is 1.79 bits per heavy atom. The van der Waals surface area contributed by atoms with E-state index in [1.54, 1.807) is 17.5 Å². The third-order valence-corrected chi connectivity index (χ3v) is 10.8. The summed E-state index contributed by atoms with van der Waals surface area (Å²) in [4.78, 5) is 17.9. The maximum absolute atomic E-state index is 11.8. The second-order valence-electron chi connectivity index (χ2n) is 10.5. The lowest BCUT2D eigenvalue weighted by Crippen LogP contribution is -2.46. The molecule has 2 N–H and O–H groups in total. The summed E-state index contributed by atoms with van der Waals surface area (Å²) in [5, 5.41) is 12.6. The average Bonchev–Trinajstić information content (AvgIpc) is 3.57. The van der Waals surface area contributed by atoms with Crippen LogP contribution in [0.2, 0.25) is 0 Å². The van der Waals surface area contributed by atoms with Crippen molar-refractivity contribution in [1.82, 2.24) is 29.6 Å². The van der Waals surface area contributed by atoms with Crippen molar-refractivity contribution in [1.29, 1.82) is 0 Å². The predicted molar refractivity (Wildman–Crippen MR) is 149 cm³/mol. The van der Waals surface area contributed by atoms with Crippen molar-refractivity contribution < 1.29 is 13.2 Å². The fraction of sp³-hybridized carbons (Fsp3) is 0.680. The van der Waals surface area contributed by atoms with Crippen molar-refractivity contribution in [2.75, 3.05) is 48.4 Å². The number of thiazole rings is 1. The molecule has 3 aromatic heterocycles. The first kappa shape index (κ1) is 25.9. The maximum atomic E-state index is 11.8. The summed E-state index contributed by atoms with van der Waals surface area (Å²) in [6.45, 7) is 5.88. The molecule has 0 bridgehead atoms. The van der Waals surface area contributed by atoms with Gasteiger partial charge < -0.3 is 15.4 Å². The number of hydrogen-bond acceptors (Lipinski definition) is 11. The zero-order chi connectivity index (χ0) is 26.1. The van der Waals surface area contributed by atoms with Crippen LogP contribution in [0.25, 0.3) is 10.3 Å². The minimum atomic E-state index is -2.91. The highest BCUT2D eigenvalue weighted by Gasteiger charge is 2.28. The summed E-state index contributed by atoms with van der Waals surface area (Å²) < 4.78 is 31.0. The predicted octanol–water partition coefficient (Wildman–Crippen LogP) is 3.39. The Hall–Kier alpha value is -2.35. The Morgan fingerprint density at radius 3 is 2.53 bits per heavy atom. The first-order chi connectivity index (χ1) is 18.5. The second-order valence-corrected chi connectivity index (χ2v) is 13.9. The van der Waals surface area contributed by atoms with Gasteiger partial charge in [-0.25, -0.2) is 13.4 Å². The van der Waals surface area contributed by atoms with E-state index in [4.69, 9.17) is 19.7 Å². The number of nitrogens with one attached hydrogen (secondary N) is 2. The zero-order valence-electron chi connectivity index (χ0n) is 21.8. The number of rotatable bonds is 7. The number of hydrogen-bond donors (Lipinski definition) is 2. The standard InChI is InChI=1S/C25H36N8O3S2/c1-2-21-29-22-23(27-17-3-5-19(6-4-17)32-9-11-36-12-10-32)30-25(31-24(22)37-21)28-18-15-26-33(16-18)20-7-13-38(34,35)14-8-20/h15-17,19-20H,2-14H2,1H3,(H2,27,28,30,31)/t17-,19-. The third-order valence-electron chi connectivity index (χ3n) is 7.96. The lowest BCUT2D eigenvalue weighted by atomic mass is 9.90. The molecule has 3 fully saturated rings. The van der Waals surface area contributed by atoms with E-state index in [2.05, 4.69) is 27.6 Å². The number of ether oxygens (including phenoxy) is 1. The molecular formula is C25H36N8O3S2. The maximum Gasteiger partial charge on any atom is 0.230 e. The number of morpholine rings is 1. The largest absolute Gasteiger partial charge is 0.379 e. The smallest absolute Gasteiger partial charge is 0.230 e. The number of aryl methyl sites for hydroxylation is 1. The second kappa shape index (κ2) is 11.0. The highest BCUT2D eigenvalue weighted by Crippen LogP contribution is 2.32. The Balaban J connectivity index is 1.16. The molecule has 5 heterocycles. The quantitative estimate of drug-likeness (QED) is 0.444. The van der Waals surface area contributed by atoms with E-state index in [1.807, 2.05) is 10.9 Å². The van der Waals surface area contributed by atoms with Gasteiger partial charge in [0.15, 0.2) is 10.6 Å². The molecule has 0 atom stereocenters. The van der Waals surface area contributed by atoms with E-state index in [9.17, 15) is 8.42 Å². The van der Waals surface area contributed by atoms with Gasteiger partial charge in [-0.2, -0.15) is 15.1 Å². The normalized spacial score (nSPS) is 25.0. The van der Waals surface area contributed by atoms with E-state index in [-0.39, 0.29) is 17.5 Å². The van der Waals surface area contributed by atoms with E-state index in [1.165, 1.54) is 12.8 Å². The molecule has 1 saturated carbocycles. The van der Waals surface area contributed by atoms with Crippen LogP contribution in [-0.4, -0.2) is 87.9 Å². The third kappa shape index (κ3) is 5.80. The molecule has 206 valence electrons. The average molecular weight is 561 g/mol. The lowest BCUT2D eigenvalue weighted by Gasteiger charge is -2.39. The molecule has 0 amide bonds. The van der Waals surface area contributed by atoms with Gasteiger partial charge >= 0.3 is 0 Å². The van der Waals surface area contributed by atoms with Crippen LogP contribution >= 0.6 is 11.3 Å². The van der Waals surface area contributed by atoms with Crippen LogP contribution in [0, 0.1) is 0 Å². The van der Waals surface area contributed by atoms with Crippen molar-refractivity contribution in [2.45, 2.75) is 70.0 Å². The van der Waals surface area contributed by atoms with Crippen molar-refractivity contribution in [3.63, 3.8) is 0 Å². The van der Waals surface area contributed by atoms with Crippen LogP contribution in [0.15, 0.2) is 12.4 Å². The van der Waals surface area contributed by atoms with E-state index < -0.39 is 9.84 Å². The summed E-state index contributed by atoms with van der Waals surface area (Å²) in [6.07, 6.45) is 10.3. The molecule has 3 aromatic rings. The first-order valence-electron chi connectivity index (χ1n) is 13.7. The summed E-state index contributed by atoms with van der Waals surface area (Å²) in [5.74, 6) is 1.73. The van der Waals surface area contributed by atoms with Gasteiger partial charge in [-0.3, -0.25) is 9.58 Å². The van der Waals surface area contributed by atoms with Crippen LogP contribution in [0.5, 0.6) is 0 Å². The molecule has 0 aromatic carbocycles. The van der Waals surface area contributed by atoms with Crippen LogP contribution in [-0.2, 0) is 21.0 Å². The molecule has 0 radical (unpaired) electrons. The van der Waals surface area contributed by atoms with Crippen LogP contribution in [0.1, 0.15) is 56.5 Å². The van der Waals surface area contributed by atoms with E-state index >= 15 is 0 Å². The first-order valence-corrected chi connectivity index (χ1v) is 16.4. The van der Waals surface area contributed by atoms with Crippen molar-refractivity contribution in [2.24, 2.45) is 0 Å². The number of nitrogens with zero attached hydrogens (tertiary/aromatic N) is 6. The topological polar surface area (TPSA) is 127 Å². The van der Waals surface area contributed by atoms with Gasteiger partial charge in [-0.05, 0) is 44.9 Å². The van der Waals surface area contributed by atoms with Gasteiger partial charge in [0.1, 0.15) is 15.4 Å². The Bertz CT molecular complexity index is 1350. The zero-order valence-corrected chi connectivity index (χ0v) is 23.4. The van der Waals surface area contributed by atoms with Gasteiger partial charge in [-0.1, -0.05) is 18.3 Å². The van der Waals surface area contributed by atoms with Gasteiger partial charge in [0.2, 0.25) is 5.95 Å². The number of sulfone groups is 1. The Kier molecular flexibility index (Phi) is 7.52. The van der Waals surface area contributed by atoms with Crippen molar-refractivity contribution in [3.8, 4) is 0 Å². The van der Waals surface area contributed by atoms with Gasteiger partial charge in [-0.15, -0.1) is 0 Å². The molecule has 13 heteroatoms. The van der Waals surface area contributed by atoms with E-state index in [0.717, 1.165) is 72.4 Å². The van der Waals surface area contributed by atoms with Gasteiger partial charge in [0, 0.05) is 31.4 Å². The minimum absolute atomic E-state index is 0.0934. The molecule has 0 spiro atoms. The minimum Gasteiger partial charge on any atom is -0.379 e. The van der Waals surface area contributed by atoms with Crippen LogP contribution in [0.3, 0.4) is 0 Å². The molecule has 38 heavy (non-hydrogen) atoms. The highest BCUT2D eigenvalue weighted by molar-refractivity contribution is 7.91. The SMILES string of the molecule is CCc1nc2c(N[C@H]3CC[C@H](N4CCOCC4)CC3)nc(Nc3cnn(C4CCS(=O)(=O)CC4)c3)nc2s1. The summed E-state index contributed by atoms with van der Waals surface area (Å²) in [5.41, 5.74) is 1.63. The lowest BCUT2D eigenvalue weighted by molar-refractivity contribution is 0.00791. The number of fused-ring (bicyclic) bond motifs is 1. The molecular weight excluding hydrogens is 524 g/mol. The number of aromatic nitrogens is 5. The Labute approximate surface area is 227 Å². The summed E-state index contributed by atoms with van der Waals surface area (Å²) in [6, 6.07) is 1.10. The van der Waals surface area contributed by atoms with Crippen molar-refractivity contribution in [3.05, 3.63) is 17.4 Å². The molecule has 2 saturated heterocycles. The molecule has 3 aliphatic rings. The van der Waals surface area contributed by atoms with Gasteiger partial charge in [0.05, 0.1) is 47.7 Å². The number of anilines is 3. The van der Waals surface area contributed by atoms with Crippen LogP contribution in [0.4, 0.5) is 17.5 Å². The fourth-order valence-corrected chi connectivity index (χ4v) is 8.11. The summed E-state index contributed by atoms with van der Waals surface area (Å²) >= 11 is 1.61. The highest BCUT2D eigenvalue weighted by atomic mass is 32.2. The monoisotopic (exact) mass is 560 g/mol.